The number of nitrogen functional groups attached to an aromatic ring is 1. The number of amides is 1. The van der Waals surface area contributed by atoms with Crippen molar-refractivity contribution < 1.29 is 38.2 Å². The number of carboxylic acid groups (broad SMARTS) is 1. The minimum Gasteiger partial charge on any atom is -0.481 e. The van der Waals surface area contributed by atoms with Crippen LogP contribution in [0.25, 0.3) is 43.4 Å². The summed E-state index contributed by atoms with van der Waals surface area (Å²) >= 11 is 0. The highest BCUT2D eigenvalue weighted by atomic mass is 16.6. The number of aliphatic carboxylic acids is 1. The predicted octanol–water partition coefficient (Wildman–Crippen LogP) is 5.69. The number of hydrogen-bond acceptors (Lipinski definition) is 8. The molecule has 0 bridgehead atoms. The maximum absolute atomic E-state index is 12.4. The Labute approximate surface area is 285 Å². The second kappa shape index (κ2) is 20.6. The van der Waals surface area contributed by atoms with Gasteiger partial charge >= 0.3 is 5.97 Å². The van der Waals surface area contributed by atoms with Gasteiger partial charge in [0.25, 0.3) is 0 Å². The first-order valence-electron chi connectivity index (χ1n) is 16.6. The molecular weight excluding hydrogens is 628 g/mol. The number of benzene rings is 3. The lowest BCUT2D eigenvalue weighted by Gasteiger charge is -2.13. The number of nitrogens with zero attached hydrogens (tertiary/aromatic N) is 4. The van der Waals surface area contributed by atoms with E-state index >= 15 is 0 Å². The number of nitrogens with one attached hydrogen (secondary N) is 1. The molecule has 0 unspecified atom stereocenters. The zero-order valence-electron chi connectivity index (χ0n) is 27.7. The van der Waals surface area contributed by atoms with E-state index in [1.807, 2.05) is 54.6 Å². The fraction of sp³-hybridized carbons (Fsp3) is 0.417. The van der Waals surface area contributed by atoms with Gasteiger partial charge in [0.2, 0.25) is 17.1 Å². The highest BCUT2D eigenvalue weighted by molar-refractivity contribution is 6.10. The van der Waals surface area contributed by atoms with Gasteiger partial charge in [0.15, 0.2) is 0 Å². The highest BCUT2D eigenvalue weighted by Crippen LogP contribution is 2.34. The number of carboxylic acids is 1. The van der Waals surface area contributed by atoms with Crippen LogP contribution in [0.2, 0.25) is 0 Å². The number of hydrogen-bond donors (Lipinski definition) is 3. The van der Waals surface area contributed by atoms with Gasteiger partial charge in [0.05, 0.1) is 70.0 Å². The lowest BCUT2D eigenvalue weighted by Crippen LogP contribution is -2.37. The lowest BCUT2D eigenvalue weighted by atomic mass is 9.98. The summed E-state index contributed by atoms with van der Waals surface area (Å²) in [7, 11) is 0. The summed E-state index contributed by atoms with van der Waals surface area (Å²) in [5, 5.41) is 18.4. The second-order valence-electron chi connectivity index (χ2n) is 11.3. The zero-order chi connectivity index (χ0) is 34.7. The number of ether oxygens (including phenoxy) is 4. The largest absolute Gasteiger partial charge is 0.481 e. The molecule has 0 aliphatic heterocycles. The molecular formula is C36H45N6O7+. The Bertz CT molecular complexity index is 1710. The van der Waals surface area contributed by atoms with E-state index in [0.717, 1.165) is 58.7 Å². The predicted molar refractivity (Wildman–Crippen MR) is 187 cm³/mol. The van der Waals surface area contributed by atoms with Crippen molar-refractivity contribution in [3.8, 4) is 11.3 Å². The first-order chi connectivity index (χ1) is 24.0. The number of aryl methyl sites for hydroxylation is 1. The van der Waals surface area contributed by atoms with Crippen LogP contribution in [0.15, 0.2) is 71.8 Å². The molecule has 4 N–H and O–H groups in total. The number of unbranched alkanes of at least 4 members (excludes halogenated alkanes) is 2. The van der Waals surface area contributed by atoms with E-state index in [0.29, 0.717) is 70.6 Å². The molecule has 0 atom stereocenters. The molecule has 1 aromatic heterocycles. The number of fused-ring (bicyclic) bond motifs is 3. The number of azide groups is 1. The number of aromatic nitrogens is 1. The van der Waals surface area contributed by atoms with Crippen molar-refractivity contribution in [1.29, 1.82) is 0 Å². The molecule has 13 heteroatoms. The van der Waals surface area contributed by atoms with Gasteiger partial charge in [0, 0.05) is 52.7 Å². The normalized spacial score (nSPS) is 11.1. The van der Waals surface area contributed by atoms with E-state index in [1.165, 1.54) is 0 Å². The summed E-state index contributed by atoms with van der Waals surface area (Å²) in [6.07, 6.45) is 2.90. The molecule has 4 rings (SSSR count). The van der Waals surface area contributed by atoms with Crippen molar-refractivity contribution in [2.75, 3.05) is 65.1 Å². The van der Waals surface area contributed by atoms with Crippen LogP contribution in [0.4, 0.5) is 11.4 Å². The summed E-state index contributed by atoms with van der Waals surface area (Å²) in [5.41, 5.74) is 19.7. The van der Waals surface area contributed by atoms with Crippen molar-refractivity contribution in [3.05, 3.63) is 77.2 Å². The van der Waals surface area contributed by atoms with Crippen LogP contribution >= 0.6 is 0 Å². The number of rotatable bonds is 23. The summed E-state index contributed by atoms with van der Waals surface area (Å²) in [4.78, 5) is 25.8. The molecule has 0 radical (unpaired) electrons. The third kappa shape index (κ3) is 12.0. The van der Waals surface area contributed by atoms with Crippen LogP contribution in [0, 0.1) is 0 Å². The summed E-state index contributed by atoms with van der Waals surface area (Å²) in [6.45, 7) is 4.13. The molecule has 0 aliphatic carbocycles. The average molecular weight is 674 g/mol. The van der Waals surface area contributed by atoms with E-state index in [4.69, 9.17) is 35.3 Å². The molecule has 0 fully saturated rings. The van der Waals surface area contributed by atoms with E-state index in [2.05, 4.69) is 32.0 Å². The van der Waals surface area contributed by atoms with Crippen LogP contribution < -0.4 is 15.6 Å². The molecule has 13 nitrogen and oxygen atoms in total. The fourth-order valence-corrected chi connectivity index (χ4v) is 5.49. The average Bonchev–Trinajstić information content (AvgIpc) is 3.10. The molecule has 1 heterocycles. The quantitative estimate of drug-likeness (QED) is 0.0171. The smallest absolute Gasteiger partial charge is 0.305 e. The lowest BCUT2D eigenvalue weighted by molar-refractivity contribution is -0.659. The Balaban J connectivity index is 1.19. The zero-order valence-corrected chi connectivity index (χ0v) is 27.7. The van der Waals surface area contributed by atoms with Gasteiger partial charge in [-0.2, -0.15) is 4.57 Å². The minimum absolute atomic E-state index is 0.00364. The first kappa shape index (κ1) is 37.0. The third-order valence-electron chi connectivity index (χ3n) is 7.77. The Hall–Kier alpha value is -4.78. The molecule has 4 aromatic rings. The van der Waals surface area contributed by atoms with Crippen LogP contribution in [0.3, 0.4) is 0 Å². The Morgan fingerprint density at radius 1 is 0.776 bits per heavy atom. The van der Waals surface area contributed by atoms with Crippen LogP contribution in [-0.4, -0.2) is 76.4 Å². The van der Waals surface area contributed by atoms with Crippen molar-refractivity contribution >= 4 is 44.9 Å². The van der Waals surface area contributed by atoms with Crippen molar-refractivity contribution in [2.45, 2.75) is 38.6 Å². The summed E-state index contributed by atoms with van der Waals surface area (Å²) in [6, 6.07) is 21.9. The Morgan fingerprint density at radius 3 is 2.14 bits per heavy atom. The number of nitrogens with two attached hydrogens (primary N) is 1. The van der Waals surface area contributed by atoms with E-state index in [1.54, 1.807) is 0 Å². The van der Waals surface area contributed by atoms with Gasteiger partial charge < -0.3 is 35.1 Å². The fourth-order valence-electron chi connectivity index (χ4n) is 5.49. The number of anilines is 1. The maximum atomic E-state index is 12.4. The molecule has 3 aromatic carbocycles. The summed E-state index contributed by atoms with van der Waals surface area (Å²) < 4.78 is 23.7. The molecule has 0 saturated carbocycles. The van der Waals surface area contributed by atoms with Gasteiger partial charge in [-0.3, -0.25) is 9.59 Å². The highest BCUT2D eigenvalue weighted by Gasteiger charge is 2.23. The van der Waals surface area contributed by atoms with Gasteiger partial charge in [0.1, 0.15) is 6.54 Å². The topological polar surface area (TPSA) is 182 Å². The van der Waals surface area contributed by atoms with Crippen molar-refractivity contribution in [2.24, 2.45) is 5.11 Å². The molecule has 0 saturated heterocycles. The van der Waals surface area contributed by atoms with E-state index in [-0.39, 0.29) is 18.9 Å². The Morgan fingerprint density at radius 2 is 1.45 bits per heavy atom. The second-order valence-corrected chi connectivity index (χ2v) is 11.3. The monoisotopic (exact) mass is 673 g/mol. The number of pyridine rings is 1. The molecule has 1 amide bonds. The van der Waals surface area contributed by atoms with Crippen LogP contribution in [0.5, 0.6) is 0 Å². The van der Waals surface area contributed by atoms with Crippen molar-refractivity contribution in [1.82, 2.24) is 5.32 Å². The molecule has 0 aliphatic rings. The van der Waals surface area contributed by atoms with Gasteiger partial charge in [-0.1, -0.05) is 35.4 Å². The standard InChI is InChI=1S/C36H44N6O7/c37-28-10-12-31-30-13-11-29(40-41-38)26-32(30)36(27-7-3-1-4-8-27)42(33(31)25-28)16-6-2-5-9-34(43)39-15-18-47-20-22-49-24-23-48-21-19-46-17-14-35(44)45/h1,3-4,7-8,10-13,25-26,37H,2,5-6,9,14-24H2,(H2,39,43,44,45)/p+1. The number of carbonyl (C=O) groups is 2. The Kier molecular flexibility index (Phi) is 15.5. The third-order valence-corrected chi connectivity index (χ3v) is 7.77. The maximum Gasteiger partial charge on any atom is 0.305 e. The van der Waals surface area contributed by atoms with Gasteiger partial charge in [-0.05, 0) is 48.7 Å². The van der Waals surface area contributed by atoms with Crippen LogP contribution in [-0.2, 0) is 35.1 Å². The van der Waals surface area contributed by atoms with E-state index in [9.17, 15) is 9.59 Å². The number of carbonyl (C=O) groups excluding carboxylic acids is 1. The molecule has 49 heavy (non-hydrogen) atoms. The molecule has 0 spiro atoms. The SMILES string of the molecule is [N-]=[N+]=Nc1ccc2c(c1)c(-c1ccccc1)[n+](CCCCCC(=O)NCCOCCOCCOCCOCCC(=O)O)c1cc(N)ccc21. The minimum atomic E-state index is -0.886. The summed E-state index contributed by atoms with van der Waals surface area (Å²) in [5.74, 6) is -0.889. The van der Waals surface area contributed by atoms with Crippen LogP contribution in [0.1, 0.15) is 32.1 Å². The van der Waals surface area contributed by atoms with E-state index < -0.39 is 5.97 Å². The first-order valence-corrected chi connectivity index (χ1v) is 16.6. The van der Waals surface area contributed by atoms with Gasteiger partial charge in [-0.15, -0.1) is 0 Å². The molecule has 260 valence electrons. The van der Waals surface area contributed by atoms with Gasteiger partial charge in [-0.25, -0.2) is 0 Å². The van der Waals surface area contributed by atoms with Crippen molar-refractivity contribution in [3.63, 3.8) is 0 Å².